The summed E-state index contributed by atoms with van der Waals surface area (Å²) in [4.78, 5) is 24.7. The second-order valence-corrected chi connectivity index (χ2v) is 4.47. The maximum atomic E-state index is 12.0. The first kappa shape index (κ1) is 10.3. The van der Waals surface area contributed by atoms with Gasteiger partial charge in [0.1, 0.15) is 5.76 Å². The van der Waals surface area contributed by atoms with Crippen LogP contribution >= 0.6 is 0 Å². The molecule has 6 nitrogen and oxygen atoms in total. The SMILES string of the molecule is O=C1CN(C(=O)c2cc(C3CC3)on2)CCN1. The van der Waals surface area contributed by atoms with Gasteiger partial charge in [0, 0.05) is 25.1 Å². The van der Waals surface area contributed by atoms with Gasteiger partial charge in [0.25, 0.3) is 5.91 Å². The molecule has 2 aliphatic rings. The van der Waals surface area contributed by atoms with Crippen LogP contribution in [0.4, 0.5) is 0 Å². The monoisotopic (exact) mass is 235 g/mol. The van der Waals surface area contributed by atoms with Gasteiger partial charge in [0.15, 0.2) is 5.69 Å². The molecular weight excluding hydrogens is 222 g/mol. The van der Waals surface area contributed by atoms with Gasteiger partial charge in [-0.2, -0.15) is 0 Å². The Morgan fingerprint density at radius 3 is 3.06 bits per heavy atom. The lowest BCUT2D eigenvalue weighted by Crippen LogP contribution is -2.50. The van der Waals surface area contributed by atoms with Crippen LogP contribution < -0.4 is 5.32 Å². The number of hydrogen-bond donors (Lipinski definition) is 1. The number of rotatable bonds is 2. The van der Waals surface area contributed by atoms with Crippen molar-refractivity contribution in [1.29, 1.82) is 0 Å². The fourth-order valence-corrected chi connectivity index (χ4v) is 1.92. The van der Waals surface area contributed by atoms with Gasteiger partial charge >= 0.3 is 0 Å². The maximum absolute atomic E-state index is 12.0. The highest BCUT2D eigenvalue weighted by Crippen LogP contribution is 2.40. The lowest BCUT2D eigenvalue weighted by molar-refractivity contribution is -0.123. The average Bonchev–Trinajstić information content (AvgIpc) is 3.07. The number of nitrogens with zero attached hydrogens (tertiary/aromatic N) is 2. The summed E-state index contributed by atoms with van der Waals surface area (Å²) in [6.45, 7) is 1.12. The van der Waals surface area contributed by atoms with Crippen molar-refractivity contribution in [3.8, 4) is 0 Å². The fourth-order valence-electron chi connectivity index (χ4n) is 1.92. The molecule has 0 unspecified atom stereocenters. The van der Waals surface area contributed by atoms with Crippen molar-refractivity contribution in [2.75, 3.05) is 19.6 Å². The summed E-state index contributed by atoms with van der Waals surface area (Å²) >= 11 is 0. The van der Waals surface area contributed by atoms with Crippen molar-refractivity contribution in [2.45, 2.75) is 18.8 Å². The Labute approximate surface area is 97.9 Å². The number of amides is 2. The molecule has 0 atom stereocenters. The summed E-state index contributed by atoms with van der Waals surface area (Å²) in [6, 6.07) is 1.70. The second-order valence-electron chi connectivity index (χ2n) is 4.47. The lowest BCUT2D eigenvalue weighted by atomic mass is 10.2. The number of piperazine rings is 1. The van der Waals surface area contributed by atoms with E-state index in [2.05, 4.69) is 10.5 Å². The summed E-state index contributed by atoms with van der Waals surface area (Å²) in [5, 5.41) is 6.45. The molecule has 2 heterocycles. The predicted molar refractivity (Wildman–Crippen MR) is 57.4 cm³/mol. The summed E-state index contributed by atoms with van der Waals surface area (Å²) in [5.41, 5.74) is 0.307. The van der Waals surface area contributed by atoms with Crippen molar-refractivity contribution >= 4 is 11.8 Å². The fraction of sp³-hybridized carbons (Fsp3) is 0.545. The lowest BCUT2D eigenvalue weighted by Gasteiger charge is -2.25. The Hall–Kier alpha value is -1.85. The van der Waals surface area contributed by atoms with Gasteiger partial charge in [-0.05, 0) is 12.8 Å². The molecule has 1 aromatic rings. The van der Waals surface area contributed by atoms with Crippen LogP contribution in [0.5, 0.6) is 0 Å². The van der Waals surface area contributed by atoms with Crippen molar-refractivity contribution < 1.29 is 14.1 Å². The van der Waals surface area contributed by atoms with Gasteiger partial charge in [-0.25, -0.2) is 0 Å². The maximum Gasteiger partial charge on any atom is 0.276 e. The highest BCUT2D eigenvalue weighted by Gasteiger charge is 2.30. The molecule has 6 heteroatoms. The van der Waals surface area contributed by atoms with Gasteiger partial charge in [-0.1, -0.05) is 5.16 Å². The Balaban J connectivity index is 1.73. The number of carbonyl (C=O) groups is 2. The molecular formula is C11H13N3O3. The molecule has 1 aliphatic heterocycles. The Kier molecular flexibility index (Phi) is 2.35. The molecule has 0 spiro atoms. The molecule has 1 saturated carbocycles. The quantitative estimate of drug-likeness (QED) is 0.790. The third-order valence-corrected chi connectivity index (χ3v) is 3.05. The Bertz CT molecular complexity index is 464. The molecule has 0 radical (unpaired) electrons. The molecule has 0 aromatic carbocycles. The molecule has 1 aliphatic carbocycles. The first-order valence-corrected chi connectivity index (χ1v) is 5.76. The van der Waals surface area contributed by atoms with E-state index in [1.165, 1.54) is 4.90 Å². The van der Waals surface area contributed by atoms with Gasteiger partial charge in [0.05, 0.1) is 6.54 Å². The van der Waals surface area contributed by atoms with Crippen LogP contribution in [0.15, 0.2) is 10.6 Å². The van der Waals surface area contributed by atoms with E-state index in [4.69, 9.17) is 4.52 Å². The average molecular weight is 235 g/mol. The van der Waals surface area contributed by atoms with Crippen LogP contribution in [0.25, 0.3) is 0 Å². The van der Waals surface area contributed by atoms with Crippen LogP contribution in [0.2, 0.25) is 0 Å². The van der Waals surface area contributed by atoms with E-state index in [9.17, 15) is 9.59 Å². The van der Waals surface area contributed by atoms with E-state index in [0.717, 1.165) is 18.6 Å². The molecule has 2 fully saturated rings. The zero-order chi connectivity index (χ0) is 11.8. The van der Waals surface area contributed by atoms with Crippen molar-refractivity contribution in [3.05, 3.63) is 17.5 Å². The topological polar surface area (TPSA) is 75.4 Å². The molecule has 1 saturated heterocycles. The van der Waals surface area contributed by atoms with E-state index in [1.54, 1.807) is 6.07 Å². The standard InChI is InChI=1S/C11H13N3O3/c15-10-6-14(4-3-12-10)11(16)8-5-9(17-13-8)7-1-2-7/h5,7H,1-4,6H2,(H,12,15). The van der Waals surface area contributed by atoms with E-state index < -0.39 is 0 Å². The number of hydrogen-bond acceptors (Lipinski definition) is 4. The minimum Gasteiger partial charge on any atom is -0.360 e. The molecule has 3 rings (SSSR count). The van der Waals surface area contributed by atoms with Gasteiger partial charge < -0.3 is 14.7 Å². The van der Waals surface area contributed by atoms with E-state index in [1.807, 2.05) is 0 Å². The van der Waals surface area contributed by atoms with E-state index in [-0.39, 0.29) is 18.4 Å². The van der Waals surface area contributed by atoms with Crippen molar-refractivity contribution in [3.63, 3.8) is 0 Å². The van der Waals surface area contributed by atoms with Crippen molar-refractivity contribution in [2.24, 2.45) is 0 Å². The minimum atomic E-state index is -0.226. The summed E-state index contributed by atoms with van der Waals surface area (Å²) < 4.78 is 5.13. The van der Waals surface area contributed by atoms with E-state index >= 15 is 0 Å². The summed E-state index contributed by atoms with van der Waals surface area (Å²) in [7, 11) is 0. The smallest absolute Gasteiger partial charge is 0.276 e. The molecule has 0 bridgehead atoms. The van der Waals surface area contributed by atoms with Crippen molar-refractivity contribution in [1.82, 2.24) is 15.4 Å². The predicted octanol–water partition coefficient (Wildman–Crippen LogP) is 0.124. The third-order valence-electron chi connectivity index (χ3n) is 3.05. The Morgan fingerprint density at radius 1 is 1.53 bits per heavy atom. The van der Waals surface area contributed by atoms with Crippen LogP contribution in [0.1, 0.15) is 35.0 Å². The van der Waals surface area contributed by atoms with E-state index in [0.29, 0.717) is 24.7 Å². The van der Waals surface area contributed by atoms with Gasteiger partial charge in [0.2, 0.25) is 5.91 Å². The Morgan fingerprint density at radius 2 is 2.35 bits per heavy atom. The summed E-state index contributed by atoms with van der Waals surface area (Å²) in [5.74, 6) is 0.870. The highest BCUT2D eigenvalue weighted by molar-refractivity contribution is 5.95. The molecule has 1 aromatic heterocycles. The molecule has 90 valence electrons. The largest absolute Gasteiger partial charge is 0.360 e. The van der Waals surface area contributed by atoms with Crippen LogP contribution in [0.3, 0.4) is 0 Å². The first-order chi connectivity index (χ1) is 8.24. The van der Waals surface area contributed by atoms with Gasteiger partial charge in [-0.15, -0.1) is 0 Å². The van der Waals surface area contributed by atoms with Crippen LogP contribution in [-0.2, 0) is 4.79 Å². The molecule has 1 N–H and O–H groups in total. The van der Waals surface area contributed by atoms with Crippen LogP contribution in [0, 0.1) is 0 Å². The third kappa shape index (κ3) is 2.02. The first-order valence-electron chi connectivity index (χ1n) is 5.76. The zero-order valence-corrected chi connectivity index (χ0v) is 9.31. The zero-order valence-electron chi connectivity index (χ0n) is 9.31. The molecule has 2 amide bonds. The van der Waals surface area contributed by atoms with Gasteiger partial charge in [-0.3, -0.25) is 9.59 Å². The summed E-state index contributed by atoms with van der Waals surface area (Å²) in [6.07, 6.45) is 2.21. The minimum absolute atomic E-state index is 0.102. The van der Waals surface area contributed by atoms with Crippen LogP contribution in [-0.4, -0.2) is 41.5 Å². The normalized spacial score (nSPS) is 20.2. The number of carbonyl (C=O) groups excluding carboxylic acids is 2. The second kappa shape index (κ2) is 3.87. The highest BCUT2D eigenvalue weighted by atomic mass is 16.5. The number of nitrogens with one attached hydrogen (secondary N) is 1. The number of aromatic nitrogens is 1. The molecule has 17 heavy (non-hydrogen) atoms.